The third-order valence-electron chi connectivity index (χ3n) is 6.89. The third kappa shape index (κ3) is 9.03. The standard InChI is InChI=1S/C26H48N4O5/c1-18(2)17-34-19(3)35-26(24(27)33,15-20-9-7-8-10-20)16-21(31)29-22(25(4,5)6)23(32)30-13-11-28-12-14-30/h18-20,22,28H,7-17H2,1-6H3,(H2,27,33)(H,29,31)/t19?,22?,26-/m1/s1. The van der Waals surface area contributed by atoms with Crippen molar-refractivity contribution in [1.29, 1.82) is 0 Å². The third-order valence-corrected chi connectivity index (χ3v) is 6.89. The number of nitrogens with two attached hydrogens (primary N) is 1. The molecule has 0 aromatic heterocycles. The van der Waals surface area contributed by atoms with Crippen LogP contribution in [0.4, 0.5) is 0 Å². The number of ether oxygens (including phenoxy) is 2. The first kappa shape index (κ1) is 29.5. The van der Waals surface area contributed by atoms with Crippen molar-refractivity contribution in [1.82, 2.24) is 15.5 Å². The van der Waals surface area contributed by atoms with E-state index in [-0.39, 0.29) is 18.2 Å². The predicted molar refractivity (Wildman–Crippen MR) is 135 cm³/mol. The van der Waals surface area contributed by atoms with Gasteiger partial charge in [-0.3, -0.25) is 14.4 Å². The Morgan fingerprint density at radius 2 is 1.69 bits per heavy atom. The Bertz CT molecular complexity index is 711. The number of carbonyl (C=O) groups is 3. The number of hydrogen-bond acceptors (Lipinski definition) is 6. The minimum absolute atomic E-state index is 0.109. The first-order valence-corrected chi connectivity index (χ1v) is 13.2. The summed E-state index contributed by atoms with van der Waals surface area (Å²) in [7, 11) is 0. The molecule has 0 spiro atoms. The molecule has 2 aliphatic rings. The van der Waals surface area contributed by atoms with Crippen LogP contribution in [0, 0.1) is 17.3 Å². The molecule has 0 radical (unpaired) electrons. The molecule has 0 bridgehead atoms. The Morgan fingerprint density at radius 1 is 1.09 bits per heavy atom. The molecule has 2 fully saturated rings. The van der Waals surface area contributed by atoms with Gasteiger partial charge < -0.3 is 30.7 Å². The minimum Gasteiger partial charge on any atom is -0.367 e. The fourth-order valence-corrected chi connectivity index (χ4v) is 4.96. The van der Waals surface area contributed by atoms with Crippen LogP contribution in [0.2, 0.25) is 0 Å². The molecule has 1 heterocycles. The fourth-order valence-electron chi connectivity index (χ4n) is 4.96. The molecule has 202 valence electrons. The lowest BCUT2D eigenvalue weighted by atomic mass is 9.83. The molecule has 0 aromatic rings. The summed E-state index contributed by atoms with van der Waals surface area (Å²) in [5, 5.41) is 6.17. The van der Waals surface area contributed by atoms with E-state index in [0.717, 1.165) is 38.8 Å². The lowest BCUT2D eigenvalue weighted by Crippen LogP contribution is -2.59. The molecule has 35 heavy (non-hydrogen) atoms. The maximum absolute atomic E-state index is 13.4. The van der Waals surface area contributed by atoms with E-state index in [1.54, 1.807) is 11.8 Å². The van der Waals surface area contributed by atoms with Crippen molar-refractivity contribution in [2.24, 2.45) is 23.0 Å². The summed E-state index contributed by atoms with van der Waals surface area (Å²) in [4.78, 5) is 41.4. The smallest absolute Gasteiger partial charge is 0.250 e. The molecule has 4 N–H and O–H groups in total. The van der Waals surface area contributed by atoms with E-state index in [1.165, 1.54) is 0 Å². The molecular weight excluding hydrogens is 448 g/mol. The number of hydrogen-bond donors (Lipinski definition) is 3. The molecule has 0 aromatic carbocycles. The van der Waals surface area contributed by atoms with Crippen LogP contribution in [0.3, 0.4) is 0 Å². The van der Waals surface area contributed by atoms with E-state index < -0.39 is 35.2 Å². The zero-order chi connectivity index (χ0) is 26.2. The normalized spacial score (nSPS) is 20.9. The monoisotopic (exact) mass is 496 g/mol. The maximum atomic E-state index is 13.4. The number of carbonyl (C=O) groups excluding carboxylic acids is 3. The van der Waals surface area contributed by atoms with E-state index in [4.69, 9.17) is 15.2 Å². The number of nitrogens with one attached hydrogen (secondary N) is 2. The largest absolute Gasteiger partial charge is 0.367 e. The first-order valence-electron chi connectivity index (χ1n) is 13.2. The fraction of sp³-hybridized carbons (Fsp3) is 0.885. The van der Waals surface area contributed by atoms with Crippen molar-refractivity contribution in [3.63, 3.8) is 0 Å². The van der Waals surface area contributed by atoms with Crippen LogP contribution in [0.1, 0.15) is 80.1 Å². The van der Waals surface area contributed by atoms with Crippen molar-refractivity contribution < 1.29 is 23.9 Å². The topological polar surface area (TPSA) is 123 Å². The van der Waals surface area contributed by atoms with E-state index in [9.17, 15) is 14.4 Å². The quantitative estimate of drug-likeness (QED) is 0.356. The molecule has 9 heteroatoms. The minimum atomic E-state index is -1.49. The van der Waals surface area contributed by atoms with Gasteiger partial charge in [0, 0.05) is 26.2 Å². The van der Waals surface area contributed by atoms with Gasteiger partial charge in [0.2, 0.25) is 17.7 Å². The number of amides is 3. The van der Waals surface area contributed by atoms with Gasteiger partial charge in [-0.25, -0.2) is 0 Å². The molecule has 2 rings (SSSR count). The van der Waals surface area contributed by atoms with Crippen LogP contribution < -0.4 is 16.4 Å². The van der Waals surface area contributed by atoms with Gasteiger partial charge >= 0.3 is 0 Å². The SMILES string of the molecule is CC(C)COC(C)O[C@@](CC(=O)NC(C(=O)N1CCNCC1)C(C)(C)C)(CC1CCCC1)C(N)=O. The second-order valence-electron chi connectivity index (χ2n) is 11.7. The zero-order valence-electron chi connectivity index (χ0n) is 22.7. The first-order chi connectivity index (χ1) is 16.3. The summed E-state index contributed by atoms with van der Waals surface area (Å²) in [6.07, 6.45) is 3.58. The Morgan fingerprint density at radius 3 is 2.20 bits per heavy atom. The summed E-state index contributed by atoms with van der Waals surface area (Å²) in [5.74, 6) is -0.636. The molecule has 1 aliphatic carbocycles. The van der Waals surface area contributed by atoms with E-state index in [0.29, 0.717) is 32.0 Å². The zero-order valence-corrected chi connectivity index (χ0v) is 22.7. The van der Waals surface area contributed by atoms with Gasteiger partial charge in [0.25, 0.3) is 0 Å². The lowest BCUT2D eigenvalue weighted by molar-refractivity contribution is -0.213. The predicted octanol–water partition coefficient (Wildman–Crippen LogP) is 2.18. The maximum Gasteiger partial charge on any atom is 0.250 e. The Labute approximate surface area is 211 Å². The number of rotatable bonds is 12. The summed E-state index contributed by atoms with van der Waals surface area (Å²) in [5.41, 5.74) is 3.92. The van der Waals surface area contributed by atoms with Gasteiger partial charge in [0.05, 0.1) is 13.0 Å². The van der Waals surface area contributed by atoms with Crippen LogP contribution in [0.5, 0.6) is 0 Å². The lowest BCUT2D eigenvalue weighted by Gasteiger charge is -2.38. The van der Waals surface area contributed by atoms with Gasteiger partial charge in [-0.1, -0.05) is 60.3 Å². The van der Waals surface area contributed by atoms with Crippen LogP contribution >= 0.6 is 0 Å². The summed E-state index contributed by atoms with van der Waals surface area (Å²) in [6, 6.07) is -0.722. The van der Waals surface area contributed by atoms with Gasteiger partial charge in [-0.15, -0.1) is 0 Å². The van der Waals surface area contributed by atoms with Crippen molar-refractivity contribution in [3.05, 3.63) is 0 Å². The van der Waals surface area contributed by atoms with Crippen molar-refractivity contribution in [2.75, 3.05) is 32.8 Å². The number of primary amides is 1. The summed E-state index contributed by atoms with van der Waals surface area (Å²) >= 11 is 0. The van der Waals surface area contributed by atoms with Crippen molar-refractivity contribution in [3.8, 4) is 0 Å². The van der Waals surface area contributed by atoms with E-state index >= 15 is 0 Å². The molecular formula is C26H48N4O5. The molecule has 1 aliphatic heterocycles. The highest BCUT2D eigenvalue weighted by molar-refractivity contribution is 5.93. The van der Waals surface area contributed by atoms with Gasteiger partial charge in [-0.05, 0) is 30.6 Å². The Balaban J connectivity index is 2.21. The summed E-state index contributed by atoms with van der Waals surface area (Å²) in [6.45, 7) is 14.7. The van der Waals surface area contributed by atoms with E-state index in [1.807, 2.05) is 34.6 Å². The van der Waals surface area contributed by atoms with E-state index in [2.05, 4.69) is 10.6 Å². The average molecular weight is 497 g/mol. The van der Waals surface area contributed by atoms with Crippen molar-refractivity contribution >= 4 is 17.7 Å². The molecule has 1 saturated carbocycles. The van der Waals surface area contributed by atoms with Crippen LogP contribution in [-0.2, 0) is 23.9 Å². The number of piperazine rings is 1. The van der Waals surface area contributed by atoms with Crippen LogP contribution in [0.15, 0.2) is 0 Å². The molecule has 3 atom stereocenters. The molecule has 3 amide bonds. The average Bonchev–Trinajstić information content (AvgIpc) is 3.28. The highest BCUT2D eigenvalue weighted by Gasteiger charge is 2.45. The highest BCUT2D eigenvalue weighted by Crippen LogP contribution is 2.36. The number of nitrogens with zero attached hydrogens (tertiary/aromatic N) is 1. The highest BCUT2D eigenvalue weighted by atomic mass is 16.7. The molecule has 1 saturated heterocycles. The summed E-state index contributed by atoms with van der Waals surface area (Å²) < 4.78 is 11.9. The van der Waals surface area contributed by atoms with Crippen LogP contribution in [0.25, 0.3) is 0 Å². The Hall–Kier alpha value is -1.71. The Kier molecular flexibility index (Phi) is 11.0. The van der Waals surface area contributed by atoms with Crippen molar-refractivity contribution in [2.45, 2.75) is 98.0 Å². The second-order valence-corrected chi connectivity index (χ2v) is 11.7. The van der Waals surface area contributed by atoms with Crippen LogP contribution in [-0.4, -0.2) is 73.3 Å². The van der Waals surface area contributed by atoms with Gasteiger partial charge in [0.1, 0.15) is 6.04 Å². The molecule has 9 nitrogen and oxygen atoms in total. The van der Waals surface area contributed by atoms with Gasteiger partial charge in [-0.2, -0.15) is 0 Å². The second kappa shape index (κ2) is 13.0. The molecule has 2 unspecified atom stereocenters. The van der Waals surface area contributed by atoms with Gasteiger partial charge in [0.15, 0.2) is 11.9 Å².